The predicted octanol–water partition coefficient (Wildman–Crippen LogP) is 5.11. The molecule has 200 valence electrons. The average molecular weight is 534 g/mol. The van der Waals surface area contributed by atoms with Crippen molar-refractivity contribution in [2.45, 2.75) is 76.5 Å². The highest BCUT2D eigenvalue weighted by atomic mass is 32.1. The summed E-state index contributed by atoms with van der Waals surface area (Å²) in [5, 5.41) is 9.97. The number of thiazole rings is 1. The van der Waals surface area contributed by atoms with Crippen LogP contribution in [0.25, 0.3) is 10.6 Å². The molecule has 38 heavy (non-hydrogen) atoms. The molecule has 2 fully saturated rings. The predicted molar refractivity (Wildman–Crippen MR) is 152 cm³/mol. The lowest BCUT2D eigenvalue weighted by Crippen LogP contribution is -2.55. The van der Waals surface area contributed by atoms with Crippen molar-refractivity contribution in [2.24, 2.45) is 0 Å². The van der Waals surface area contributed by atoms with Gasteiger partial charge in [0.25, 0.3) is 0 Å². The van der Waals surface area contributed by atoms with E-state index in [0.29, 0.717) is 23.8 Å². The van der Waals surface area contributed by atoms with E-state index in [2.05, 4.69) is 32.8 Å². The SMILES string of the molecule is CCC1C(=O)N(C)c2cnc(Nc3ccc(-c4nc(CNC5CC5)cs4)cc3OC)nc2N1C1CCCC1. The number of anilines is 4. The third-order valence-electron chi connectivity index (χ3n) is 7.81. The van der Waals surface area contributed by atoms with Crippen molar-refractivity contribution in [3.63, 3.8) is 0 Å². The summed E-state index contributed by atoms with van der Waals surface area (Å²) < 4.78 is 5.74. The van der Waals surface area contributed by atoms with Crippen molar-refractivity contribution in [3.05, 3.63) is 35.5 Å². The van der Waals surface area contributed by atoms with Gasteiger partial charge in [-0.25, -0.2) is 9.97 Å². The molecule has 10 heteroatoms. The maximum Gasteiger partial charge on any atom is 0.249 e. The number of fused-ring (bicyclic) bond motifs is 1. The molecule has 0 spiro atoms. The molecule has 1 unspecified atom stereocenters. The van der Waals surface area contributed by atoms with Gasteiger partial charge in [-0.05, 0) is 50.3 Å². The van der Waals surface area contributed by atoms with Crippen LogP contribution in [0.15, 0.2) is 29.8 Å². The fraction of sp³-hybridized carbons (Fsp3) is 0.500. The number of ether oxygens (including phenoxy) is 1. The Morgan fingerprint density at radius 2 is 1.97 bits per heavy atom. The highest BCUT2D eigenvalue weighted by molar-refractivity contribution is 7.13. The number of likely N-dealkylation sites (N-methyl/N-ethyl adjacent to an activating group) is 1. The Morgan fingerprint density at radius 1 is 1.16 bits per heavy atom. The Labute approximate surface area is 227 Å². The molecule has 1 amide bonds. The van der Waals surface area contributed by atoms with Gasteiger partial charge in [-0.3, -0.25) is 4.79 Å². The monoisotopic (exact) mass is 533 g/mol. The van der Waals surface area contributed by atoms with E-state index in [-0.39, 0.29) is 11.9 Å². The Bertz CT molecular complexity index is 1320. The van der Waals surface area contributed by atoms with E-state index in [4.69, 9.17) is 14.7 Å². The minimum atomic E-state index is -0.199. The number of nitrogens with zero attached hydrogens (tertiary/aromatic N) is 5. The lowest BCUT2D eigenvalue weighted by atomic mass is 10.0. The van der Waals surface area contributed by atoms with E-state index in [9.17, 15) is 4.79 Å². The highest BCUT2D eigenvalue weighted by Gasteiger charge is 2.41. The molecule has 2 aliphatic carbocycles. The molecule has 1 atom stereocenters. The molecule has 0 bridgehead atoms. The molecule has 1 aliphatic heterocycles. The second kappa shape index (κ2) is 10.5. The Morgan fingerprint density at radius 3 is 2.71 bits per heavy atom. The highest BCUT2D eigenvalue weighted by Crippen LogP contribution is 2.40. The first-order chi connectivity index (χ1) is 18.6. The number of hydrogen-bond donors (Lipinski definition) is 2. The molecule has 2 N–H and O–H groups in total. The molecule has 2 aromatic heterocycles. The maximum atomic E-state index is 13.2. The first-order valence-corrected chi connectivity index (χ1v) is 14.5. The van der Waals surface area contributed by atoms with Crippen molar-refractivity contribution in [1.82, 2.24) is 20.3 Å². The van der Waals surface area contributed by atoms with Crippen LogP contribution in [0.3, 0.4) is 0 Å². The largest absolute Gasteiger partial charge is 0.495 e. The quantitative estimate of drug-likeness (QED) is 0.392. The summed E-state index contributed by atoms with van der Waals surface area (Å²) in [4.78, 5) is 31.4. The fourth-order valence-electron chi connectivity index (χ4n) is 5.55. The second-order valence-corrected chi connectivity index (χ2v) is 11.3. The fourth-order valence-corrected chi connectivity index (χ4v) is 6.37. The van der Waals surface area contributed by atoms with Crippen LogP contribution < -0.4 is 25.2 Å². The van der Waals surface area contributed by atoms with E-state index in [1.807, 2.05) is 25.2 Å². The minimum absolute atomic E-state index is 0.113. The van der Waals surface area contributed by atoms with Gasteiger partial charge in [0, 0.05) is 36.6 Å². The van der Waals surface area contributed by atoms with E-state index < -0.39 is 0 Å². The topological polar surface area (TPSA) is 95.5 Å². The van der Waals surface area contributed by atoms with Crippen molar-refractivity contribution >= 4 is 40.4 Å². The number of methoxy groups -OCH3 is 1. The first kappa shape index (κ1) is 25.1. The molecular formula is C28H35N7O2S. The summed E-state index contributed by atoms with van der Waals surface area (Å²) >= 11 is 1.64. The zero-order valence-electron chi connectivity index (χ0n) is 22.2. The summed E-state index contributed by atoms with van der Waals surface area (Å²) in [6.07, 6.45) is 9.59. The van der Waals surface area contributed by atoms with Crippen LogP contribution in [0.4, 0.5) is 23.1 Å². The number of rotatable bonds is 9. The molecule has 6 rings (SSSR count). The number of amides is 1. The number of nitrogens with one attached hydrogen (secondary N) is 2. The van der Waals surface area contributed by atoms with Crippen LogP contribution in [0.2, 0.25) is 0 Å². The first-order valence-electron chi connectivity index (χ1n) is 13.6. The van der Waals surface area contributed by atoms with Crippen molar-refractivity contribution in [2.75, 3.05) is 29.3 Å². The normalized spacial score (nSPS) is 19.7. The lowest BCUT2D eigenvalue weighted by molar-refractivity contribution is -0.120. The lowest BCUT2D eigenvalue weighted by Gasteiger charge is -2.43. The molecule has 3 heterocycles. The number of carbonyl (C=O) groups is 1. The number of hydrogen-bond acceptors (Lipinski definition) is 9. The van der Waals surface area contributed by atoms with Crippen LogP contribution >= 0.6 is 11.3 Å². The molecule has 1 aromatic carbocycles. The van der Waals surface area contributed by atoms with Gasteiger partial charge in [0.15, 0.2) is 5.82 Å². The summed E-state index contributed by atoms with van der Waals surface area (Å²) in [7, 11) is 3.49. The number of benzene rings is 1. The average Bonchev–Trinajstić information content (AvgIpc) is 3.39. The Balaban J connectivity index is 1.26. The van der Waals surface area contributed by atoms with Gasteiger partial charge < -0.3 is 25.2 Å². The third kappa shape index (κ3) is 4.82. The zero-order chi connectivity index (χ0) is 26.2. The van der Waals surface area contributed by atoms with Gasteiger partial charge in [-0.2, -0.15) is 4.98 Å². The van der Waals surface area contributed by atoms with E-state index >= 15 is 0 Å². The van der Waals surface area contributed by atoms with Gasteiger partial charge in [0.1, 0.15) is 22.5 Å². The van der Waals surface area contributed by atoms with Gasteiger partial charge in [-0.1, -0.05) is 19.8 Å². The molecule has 0 saturated heterocycles. The summed E-state index contributed by atoms with van der Waals surface area (Å²) in [5.74, 6) is 2.12. The summed E-state index contributed by atoms with van der Waals surface area (Å²) in [6.45, 7) is 2.89. The van der Waals surface area contributed by atoms with Gasteiger partial charge >= 0.3 is 0 Å². The van der Waals surface area contributed by atoms with Crippen molar-refractivity contribution in [3.8, 4) is 16.3 Å². The third-order valence-corrected chi connectivity index (χ3v) is 8.75. The van der Waals surface area contributed by atoms with Crippen LogP contribution in [0.1, 0.15) is 57.6 Å². The molecular weight excluding hydrogens is 498 g/mol. The van der Waals surface area contributed by atoms with Gasteiger partial charge in [0.05, 0.1) is 24.7 Å². The smallest absolute Gasteiger partial charge is 0.249 e. The number of aromatic nitrogens is 3. The standard InChI is InChI=1S/C28H35N7O2S/c1-4-22-27(36)34(2)23-15-30-28(33-25(23)35(22)20-7-5-6-8-20)32-21-12-9-17(13-24(21)37-3)26-31-19(16-38-26)14-29-18-10-11-18/h9,12-13,15-16,18,20,22,29H,4-8,10-11,14H2,1-3H3,(H,30,32,33). The molecule has 2 saturated carbocycles. The minimum Gasteiger partial charge on any atom is -0.495 e. The van der Waals surface area contributed by atoms with E-state index in [1.165, 1.54) is 25.7 Å². The van der Waals surface area contributed by atoms with E-state index in [0.717, 1.165) is 59.3 Å². The molecule has 3 aromatic rings. The van der Waals surface area contributed by atoms with Crippen LogP contribution in [-0.2, 0) is 11.3 Å². The van der Waals surface area contributed by atoms with E-state index in [1.54, 1.807) is 29.5 Å². The zero-order valence-corrected chi connectivity index (χ0v) is 23.1. The van der Waals surface area contributed by atoms with Gasteiger partial charge in [-0.15, -0.1) is 11.3 Å². The summed E-state index contributed by atoms with van der Waals surface area (Å²) in [6, 6.07) is 6.83. The Hall–Kier alpha value is -3.24. The number of carbonyl (C=O) groups excluding carboxylic acids is 1. The molecule has 3 aliphatic rings. The second-order valence-electron chi connectivity index (χ2n) is 10.4. The molecule has 9 nitrogen and oxygen atoms in total. The van der Waals surface area contributed by atoms with Crippen LogP contribution in [0.5, 0.6) is 5.75 Å². The van der Waals surface area contributed by atoms with Crippen molar-refractivity contribution < 1.29 is 9.53 Å². The van der Waals surface area contributed by atoms with Gasteiger partial charge in [0.2, 0.25) is 11.9 Å². The van der Waals surface area contributed by atoms with Crippen LogP contribution in [-0.4, -0.2) is 53.1 Å². The van der Waals surface area contributed by atoms with Crippen LogP contribution in [0, 0.1) is 0 Å². The summed E-state index contributed by atoms with van der Waals surface area (Å²) in [5.41, 5.74) is 3.62. The Kier molecular flexibility index (Phi) is 6.92. The maximum absolute atomic E-state index is 13.2. The van der Waals surface area contributed by atoms with Crippen molar-refractivity contribution in [1.29, 1.82) is 0 Å². The molecule has 0 radical (unpaired) electrons.